The van der Waals surface area contributed by atoms with Gasteiger partial charge in [0.15, 0.2) is 0 Å². The van der Waals surface area contributed by atoms with Crippen LogP contribution in [0.15, 0.2) is 35.7 Å². The lowest BCUT2D eigenvalue weighted by Gasteiger charge is -2.35. The van der Waals surface area contributed by atoms with Crippen molar-refractivity contribution >= 4 is 17.2 Å². The Hall–Kier alpha value is -2.52. The lowest BCUT2D eigenvalue weighted by molar-refractivity contribution is -0.137. The zero-order valence-corrected chi connectivity index (χ0v) is 19.2. The summed E-state index contributed by atoms with van der Waals surface area (Å²) in [6.45, 7) is 10.5. The molecule has 170 valence electrons. The number of aryl methyl sites for hydroxylation is 1. The summed E-state index contributed by atoms with van der Waals surface area (Å²) in [7, 11) is 0. The van der Waals surface area contributed by atoms with E-state index in [1.54, 1.807) is 0 Å². The van der Waals surface area contributed by atoms with Crippen LogP contribution in [0.3, 0.4) is 0 Å². The third-order valence-electron chi connectivity index (χ3n) is 5.47. The van der Waals surface area contributed by atoms with Crippen molar-refractivity contribution in [2.45, 2.75) is 39.4 Å². The predicted molar refractivity (Wildman–Crippen MR) is 121 cm³/mol. The molecule has 0 spiro atoms. The molecule has 3 aromatic rings. The number of thiazole rings is 1. The number of halogens is 3. The van der Waals surface area contributed by atoms with Crippen LogP contribution in [0.1, 0.15) is 42.5 Å². The molecule has 0 N–H and O–H groups in total. The molecule has 0 unspecified atom stereocenters. The van der Waals surface area contributed by atoms with Crippen LogP contribution in [-0.2, 0) is 12.7 Å². The zero-order chi connectivity index (χ0) is 22.9. The van der Waals surface area contributed by atoms with Crippen LogP contribution in [0, 0.1) is 6.92 Å². The van der Waals surface area contributed by atoms with Gasteiger partial charge in [-0.2, -0.15) is 13.2 Å². The van der Waals surface area contributed by atoms with Crippen molar-refractivity contribution in [3.05, 3.63) is 58.5 Å². The minimum absolute atomic E-state index is 0.290. The highest BCUT2D eigenvalue weighted by Gasteiger charge is 2.30. The Bertz CT molecular complexity index is 1050. The molecule has 0 saturated carbocycles. The minimum Gasteiger partial charge on any atom is -0.354 e. The Morgan fingerprint density at radius 1 is 1.00 bits per heavy atom. The lowest BCUT2D eigenvalue weighted by Crippen LogP contribution is -2.46. The van der Waals surface area contributed by atoms with Crippen LogP contribution in [0.25, 0.3) is 10.6 Å². The van der Waals surface area contributed by atoms with Crippen molar-refractivity contribution in [3.63, 3.8) is 0 Å². The fourth-order valence-corrected chi connectivity index (χ4v) is 4.49. The molecule has 2 aromatic heterocycles. The first-order valence-electron chi connectivity index (χ1n) is 10.6. The summed E-state index contributed by atoms with van der Waals surface area (Å²) in [4.78, 5) is 18.6. The predicted octanol–water partition coefficient (Wildman–Crippen LogP) is 5.37. The van der Waals surface area contributed by atoms with Gasteiger partial charge in [0.2, 0.25) is 0 Å². The molecule has 0 aliphatic carbocycles. The highest BCUT2D eigenvalue weighted by molar-refractivity contribution is 7.13. The van der Waals surface area contributed by atoms with E-state index in [-0.39, 0.29) is 0 Å². The number of nitrogens with zero attached hydrogens (tertiary/aromatic N) is 5. The Balaban J connectivity index is 1.36. The van der Waals surface area contributed by atoms with E-state index >= 15 is 0 Å². The fraction of sp³-hybridized carbons (Fsp3) is 0.435. The number of hydrogen-bond acceptors (Lipinski definition) is 6. The summed E-state index contributed by atoms with van der Waals surface area (Å²) >= 11 is 1.46. The summed E-state index contributed by atoms with van der Waals surface area (Å²) in [5.41, 5.74) is 1.99. The average Bonchev–Trinajstić information content (AvgIpc) is 3.22. The Morgan fingerprint density at radius 2 is 1.69 bits per heavy atom. The molecule has 32 heavy (non-hydrogen) atoms. The molecular formula is C23H26F3N5S. The maximum absolute atomic E-state index is 12.8. The van der Waals surface area contributed by atoms with Gasteiger partial charge in [-0.3, -0.25) is 4.90 Å². The summed E-state index contributed by atoms with van der Waals surface area (Å²) in [5.74, 6) is 2.15. The SMILES string of the molecule is Cc1cc(N2CCN(Cc3csc(-c4ccc(C(F)(F)F)cc4)n3)CC2)nc(C(C)C)n1. The third-order valence-corrected chi connectivity index (χ3v) is 6.41. The summed E-state index contributed by atoms with van der Waals surface area (Å²) in [6, 6.07) is 7.22. The van der Waals surface area contributed by atoms with Gasteiger partial charge in [0.1, 0.15) is 16.6 Å². The van der Waals surface area contributed by atoms with E-state index in [1.165, 1.54) is 23.5 Å². The highest BCUT2D eigenvalue weighted by atomic mass is 32.1. The molecule has 5 nitrogen and oxygen atoms in total. The normalized spacial score (nSPS) is 15.5. The molecule has 9 heteroatoms. The van der Waals surface area contributed by atoms with E-state index in [4.69, 9.17) is 4.98 Å². The molecule has 0 radical (unpaired) electrons. The highest BCUT2D eigenvalue weighted by Crippen LogP contribution is 2.32. The second-order valence-electron chi connectivity index (χ2n) is 8.36. The van der Waals surface area contributed by atoms with Gasteiger partial charge >= 0.3 is 6.18 Å². The molecule has 1 aliphatic heterocycles. The van der Waals surface area contributed by atoms with Crippen molar-refractivity contribution in [1.82, 2.24) is 19.9 Å². The molecule has 4 rings (SSSR count). The number of alkyl halides is 3. The number of benzene rings is 1. The van der Waals surface area contributed by atoms with Gasteiger partial charge in [0.05, 0.1) is 11.3 Å². The van der Waals surface area contributed by atoms with Gasteiger partial charge in [0, 0.05) is 61.3 Å². The Morgan fingerprint density at radius 3 is 2.31 bits per heavy atom. The fourth-order valence-electron chi connectivity index (χ4n) is 3.67. The van der Waals surface area contributed by atoms with Crippen LogP contribution in [0.4, 0.5) is 19.0 Å². The van der Waals surface area contributed by atoms with Gasteiger partial charge in [-0.05, 0) is 19.1 Å². The van der Waals surface area contributed by atoms with E-state index in [2.05, 4.69) is 33.6 Å². The minimum atomic E-state index is -4.32. The molecular weight excluding hydrogens is 435 g/mol. The molecule has 1 saturated heterocycles. The second kappa shape index (κ2) is 9.15. The van der Waals surface area contributed by atoms with Crippen molar-refractivity contribution in [1.29, 1.82) is 0 Å². The quantitative estimate of drug-likeness (QED) is 0.511. The third kappa shape index (κ3) is 5.27. The maximum atomic E-state index is 12.8. The monoisotopic (exact) mass is 461 g/mol. The number of aromatic nitrogens is 3. The molecule has 3 heterocycles. The second-order valence-corrected chi connectivity index (χ2v) is 9.22. The van der Waals surface area contributed by atoms with Gasteiger partial charge < -0.3 is 4.90 Å². The van der Waals surface area contributed by atoms with E-state index in [9.17, 15) is 13.2 Å². The number of rotatable bonds is 5. The van der Waals surface area contributed by atoms with Crippen LogP contribution in [-0.4, -0.2) is 46.0 Å². The molecule has 1 aromatic carbocycles. The summed E-state index contributed by atoms with van der Waals surface area (Å²) in [5, 5.41) is 2.73. The molecule has 1 fully saturated rings. The molecule has 0 amide bonds. The van der Waals surface area contributed by atoms with Crippen molar-refractivity contribution in [2.24, 2.45) is 0 Å². The largest absolute Gasteiger partial charge is 0.416 e. The van der Waals surface area contributed by atoms with Gasteiger partial charge in [0.25, 0.3) is 0 Å². The maximum Gasteiger partial charge on any atom is 0.416 e. The first kappa shape index (κ1) is 22.7. The zero-order valence-electron chi connectivity index (χ0n) is 18.4. The van der Waals surface area contributed by atoms with Gasteiger partial charge in [-0.15, -0.1) is 11.3 Å². The molecule has 0 bridgehead atoms. The van der Waals surface area contributed by atoms with Gasteiger partial charge in [-0.25, -0.2) is 15.0 Å². The number of hydrogen-bond donors (Lipinski definition) is 0. The van der Waals surface area contributed by atoms with E-state index in [0.717, 1.165) is 72.9 Å². The van der Waals surface area contributed by atoms with E-state index < -0.39 is 11.7 Å². The number of anilines is 1. The standard InChI is InChI=1S/C23H26F3N5S/c1-15(2)21-27-16(3)12-20(29-21)31-10-8-30(9-11-31)13-19-14-32-22(28-19)17-4-6-18(7-5-17)23(24,25)26/h4-7,12,14-15H,8-11,13H2,1-3H3. The van der Waals surface area contributed by atoms with E-state index in [0.29, 0.717) is 11.5 Å². The first-order valence-corrected chi connectivity index (χ1v) is 11.5. The topological polar surface area (TPSA) is 45.2 Å². The molecule has 0 atom stereocenters. The van der Waals surface area contributed by atoms with Crippen molar-refractivity contribution in [2.75, 3.05) is 31.1 Å². The lowest BCUT2D eigenvalue weighted by atomic mass is 10.1. The summed E-state index contributed by atoms with van der Waals surface area (Å²) < 4.78 is 38.3. The van der Waals surface area contributed by atoms with Gasteiger partial charge in [-0.1, -0.05) is 26.0 Å². The summed E-state index contributed by atoms with van der Waals surface area (Å²) in [6.07, 6.45) is -4.32. The smallest absolute Gasteiger partial charge is 0.354 e. The van der Waals surface area contributed by atoms with Crippen LogP contribution < -0.4 is 4.90 Å². The Kier molecular flexibility index (Phi) is 6.48. The first-order chi connectivity index (χ1) is 15.2. The van der Waals surface area contributed by atoms with Crippen molar-refractivity contribution < 1.29 is 13.2 Å². The molecule has 1 aliphatic rings. The van der Waals surface area contributed by atoms with Crippen LogP contribution >= 0.6 is 11.3 Å². The average molecular weight is 462 g/mol. The van der Waals surface area contributed by atoms with Crippen LogP contribution in [0.2, 0.25) is 0 Å². The van der Waals surface area contributed by atoms with Crippen molar-refractivity contribution in [3.8, 4) is 10.6 Å². The van der Waals surface area contributed by atoms with E-state index in [1.807, 2.05) is 18.4 Å². The Labute approximate surface area is 190 Å². The number of piperazine rings is 1. The van der Waals surface area contributed by atoms with Crippen LogP contribution in [0.5, 0.6) is 0 Å².